The molecule has 0 aromatic rings. The average molecular weight is 255 g/mol. The van der Waals surface area contributed by atoms with Crippen LogP contribution < -0.4 is 5.32 Å². The standard InChI is InChI=1S/C16H33NO/c1-4-7-13-18-16(14-17-12-5-2)10-8-15(6-3)9-11-16/h15,17H,4-14H2,1-3H3. The van der Waals surface area contributed by atoms with E-state index in [2.05, 4.69) is 26.1 Å². The van der Waals surface area contributed by atoms with E-state index in [4.69, 9.17) is 4.74 Å². The fourth-order valence-electron chi connectivity index (χ4n) is 2.91. The van der Waals surface area contributed by atoms with E-state index in [-0.39, 0.29) is 5.60 Å². The molecule has 1 aliphatic carbocycles. The lowest BCUT2D eigenvalue weighted by Crippen LogP contribution is -2.46. The summed E-state index contributed by atoms with van der Waals surface area (Å²) in [4.78, 5) is 0. The van der Waals surface area contributed by atoms with Crippen molar-refractivity contribution >= 4 is 0 Å². The summed E-state index contributed by atoms with van der Waals surface area (Å²) in [7, 11) is 0. The Labute approximate surface area is 114 Å². The van der Waals surface area contributed by atoms with Crippen molar-refractivity contribution in [3.8, 4) is 0 Å². The summed E-state index contributed by atoms with van der Waals surface area (Å²) in [6.07, 6.45) is 10.2. The minimum Gasteiger partial charge on any atom is -0.374 e. The zero-order valence-electron chi connectivity index (χ0n) is 12.8. The van der Waals surface area contributed by atoms with Gasteiger partial charge in [0.15, 0.2) is 0 Å². The first-order valence-electron chi connectivity index (χ1n) is 8.11. The maximum Gasteiger partial charge on any atom is 0.0806 e. The zero-order chi connectivity index (χ0) is 13.3. The number of ether oxygens (including phenoxy) is 1. The molecule has 1 rings (SSSR count). The summed E-state index contributed by atoms with van der Waals surface area (Å²) in [5.41, 5.74) is 0.149. The van der Waals surface area contributed by atoms with Gasteiger partial charge in [-0.15, -0.1) is 0 Å². The molecule has 0 saturated heterocycles. The maximum atomic E-state index is 6.29. The highest BCUT2D eigenvalue weighted by molar-refractivity contribution is 4.89. The van der Waals surface area contributed by atoms with E-state index in [1.54, 1.807) is 0 Å². The lowest BCUT2D eigenvalue weighted by molar-refractivity contribution is -0.0773. The molecule has 1 aliphatic rings. The van der Waals surface area contributed by atoms with Gasteiger partial charge in [0.2, 0.25) is 0 Å². The van der Waals surface area contributed by atoms with Crippen LogP contribution in [-0.4, -0.2) is 25.3 Å². The molecular formula is C16H33NO. The fraction of sp³-hybridized carbons (Fsp3) is 1.00. The molecule has 0 aliphatic heterocycles. The smallest absolute Gasteiger partial charge is 0.0806 e. The first-order chi connectivity index (χ1) is 8.76. The number of unbranched alkanes of at least 4 members (excludes halogenated alkanes) is 1. The summed E-state index contributed by atoms with van der Waals surface area (Å²) >= 11 is 0. The average Bonchev–Trinajstić information content (AvgIpc) is 2.40. The largest absolute Gasteiger partial charge is 0.374 e. The van der Waals surface area contributed by atoms with Gasteiger partial charge in [0.05, 0.1) is 5.60 Å². The minimum atomic E-state index is 0.149. The topological polar surface area (TPSA) is 21.3 Å². The van der Waals surface area contributed by atoms with Gasteiger partial charge in [-0.25, -0.2) is 0 Å². The molecule has 0 atom stereocenters. The third-order valence-electron chi connectivity index (χ3n) is 4.37. The van der Waals surface area contributed by atoms with Crippen LogP contribution in [0.1, 0.15) is 72.1 Å². The van der Waals surface area contributed by atoms with Crippen LogP contribution in [0.5, 0.6) is 0 Å². The zero-order valence-corrected chi connectivity index (χ0v) is 12.8. The summed E-state index contributed by atoms with van der Waals surface area (Å²) in [5, 5.41) is 3.58. The van der Waals surface area contributed by atoms with Crippen LogP contribution in [0.15, 0.2) is 0 Å². The molecule has 0 amide bonds. The molecule has 0 radical (unpaired) electrons. The van der Waals surface area contributed by atoms with Crippen molar-refractivity contribution in [2.24, 2.45) is 5.92 Å². The Morgan fingerprint density at radius 3 is 2.39 bits per heavy atom. The summed E-state index contributed by atoms with van der Waals surface area (Å²) < 4.78 is 6.29. The molecule has 108 valence electrons. The van der Waals surface area contributed by atoms with Gasteiger partial charge in [0.25, 0.3) is 0 Å². The number of rotatable bonds is 9. The first kappa shape index (κ1) is 16.0. The third kappa shape index (κ3) is 5.27. The molecule has 1 saturated carbocycles. The molecule has 0 unspecified atom stereocenters. The van der Waals surface area contributed by atoms with Crippen molar-refractivity contribution in [2.45, 2.75) is 77.7 Å². The van der Waals surface area contributed by atoms with E-state index in [0.29, 0.717) is 0 Å². The minimum absolute atomic E-state index is 0.149. The van der Waals surface area contributed by atoms with Gasteiger partial charge in [-0.05, 0) is 51.0 Å². The fourth-order valence-corrected chi connectivity index (χ4v) is 2.91. The third-order valence-corrected chi connectivity index (χ3v) is 4.37. The maximum absolute atomic E-state index is 6.29. The van der Waals surface area contributed by atoms with Gasteiger partial charge in [0.1, 0.15) is 0 Å². The summed E-state index contributed by atoms with van der Waals surface area (Å²) in [5.74, 6) is 0.944. The molecule has 0 aromatic heterocycles. The molecule has 1 N–H and O–H groups in total. The highest BCUT2D eigenvalue weighted by Crippen LogP contribution is 2.36. The lowest BCUT2D eigenvalue weighted by Gasteiger charge is -2.40. The van der Waals surface area contributed by atoms with E-state index in [0.717, 1.165) is 25.6 Å². The molecular weight excluding hydrogens is 222 g/mol. The molecule has 2 nitrogen and oxygen atoms in total. The van der Waals surface area contributed by atoms with Crippen molar-refractivity contribution in [2.75, 3.05) is 19.7 Å². The van der Waals surface area contributed by atoms with Gasteiger partial charge in [-0.3, -0.25) is 0 Å². The van der Waals surface area contributed by atoms with Crippen LogP contribution in [-0.2, 0) is 4.74 Å². The Morgan fingerprint density at radius 1 is 1.11 bits per heavy atom. The second-order valence-corrected chi connectivity index (χ2v) is 5.91. The van der Waals surface area contributed by atoms with Crippen molar-refractivity contribution in [3.63, 3.8) is 0 Å². The molecule has 0 heterocycles. The monoisotopic (exact) mass is 255 g/mol. The molecule has 0 aromatic carbocycles. The Balaban J connectivity index is 2.41. The van der Waals surface area contributed by atoms with Crippen molar-refractivity contribution in [1.82, 2.24) is 5.32 Å². The van der Waals surface area contributed by atoms with E-state index < -0.39 is 0 Å². The summed E-state index contributed by atoms with van der Waals surface area (Å²) in [6.45, 7) is 9.91. The highest BCUT2D eigenvalue weighted by Gasteiger charge is 2.35. The van der Waals surface area contributed by atoms with Crippen LogP contribution in [0, 0.1) is 5.92 Å². The Hall–Kier alpha value is -0.0800. The number of nitrogens with one attached hydrogen (secondary N) is 1. The Bertz CT molecular complexity index is 178. The van der Waals surface area contributed by atoms with Crippen molar-refractivity contribution in [1.29, 1.82) is 0 Å². The summed E-state index contributed by atoms with van der Waals surface area (Å²) in [6, 6.07) is 0. The van der Waals surface area contributed by atoms with E-state index in [1.165, 1.54) is 51.4 Å². The van der Waals surface area contributed by atoms with E-state index >= 15 is 0 Å². The lowest BCUT2D eigenvalue weighted by atomic mass is 9.77. The van der Waals surface area contributed by atoms with E-state index in [9.17, 15) is 0 Å². The van der Waals surface area contributed by atoms with E-state index in [1.807, 2.05) is 0 Å². The van der Waals surface area contributed by atoms with Gasteiger partial charge in [-0.2, -0.15) is 0 Å². The van der Waals surface area contributed by atoms with Gasteiger partial charge < -0.3 is 10.1 Å². The molecule has 1 fully saturated rings. The molecule has 2 heteroatoms. The Morgan fingerprint density at radius 2 is 1.83 bits per heavy atom. The number of hydrogen-bond acceptors (Lipinski definition) is 2. The number of hydrogen-bond donors (Lipinski definition) is 1. The molecule has 0 bridgehead atoms. The van der Waals surface area contributed by atoms with Crippen LogP contribution in [0.25, 0.3) is 0 Å². The van der Waals surface area contributed by atoms with Gasteiger partial charge in [-0.1, -0.05) is 33.6 Å². The van der Waals surface area contributed by atoms with Crippen LogP contribution in [0.4, 0.5) is 0 Å². The van der Waals surface area contributed by atoms with Crippen molar-refractivity contribution in [3.05, 3.63) is 0 Å². The second kappa shape index (κ2) is 8.92. The SMILES string of the molecule is CCCCOC1(CNCCC)CCC(CC)CC1. The van der Waals surface area contributed by atoms with Crippen LogP contribution in [0.3, 0.4) is 0 Å². The molecule has 18 heavy (non-hydrogen) atoms. The molecule has 0 spiro atoms. The second-order valence-electron chi connectivity index (χ2n) is 5.91. The van der Waals surface area contributed by atoms with Crippen molar-refractivity contribution < 1.29 is 4.74 Å². The predicted octanol–water partition coefficient (Wildman–Crippen LogP) is 4.14. The highest BCUT2D eigenvalue weighted by atomic mass is 16.5. The Kier molecular flexibility index (Phi) is 7.92. The normalized spacial score (nSPS) is 28.5. The van der Waals surface area contributed by atoms with Crippen LogP contribution >= 0.6 is 0 Å². The van der Waals surface area contributed by atoms with Crippen LogP contribution in [0.2, 0.25) is 0 Å². The van der Waals surface area contributed by atoms with Gasteiger partial charge >= 0.3 is 0 Å². The predicted molar refractivity (Wildman–Crippen MR) is 79.0 cm³/mol. The van der Waals surface area contributed by atoms with Gasteiger partial charge in [0, 0.05) is 13.2 Å². The quantitative estimate of drug-likeness (QED) is 0.625. The first-order valence-corrected chi connectivity index (χ1v) is 8.11.